The largest absolute Gasteiger partial charge is 0.253 e. The molecule has 9 heavy (non-hydrogen) atoms. The molecular weight excluding hydrogens is 138 g/mol. The third kappa shape index (κ3) is 5.57. The number of halogens is 1. The molecule has 0 aromatic heterocycles. The van der Waals surface area contributed by atoms with Gasteiger partial charge in [0.25, 0.3) is 0 Å². The minimum absolute atomic E-state index is 0.438. The van der Waals surface area contributed by atoms with Crippen molar-refractivity contribution in [3.8, 4) is 6.07 Å². The Morgan fingerprint density at radius 1 is 1.78 bits per heavy atom. The summed E-state index contributed by atoms with van der Waals surface area (Å²) in [5, 5.41) is 9.53. The zero-order valence-corrected chi connectivity index (χ0v) is 6.31. The normalized spacial score (nSPS) is 13.2. The van der Waals surface area contributed by atoms with Crippen molar-refractivity contribution < 1.29 is 0 Å². The number of nitriles is 1. The van der Waals surface area contributed by atoms with E-state index in [0.29, 0.717) is 6.54 Å². The quantitative estimate of drug-likeness (QED) is 0.458. The van der Waals surface area contributed by atoms with Crippen LogP contribution < -0.4 is 5.43 Å². The molecule has 0 saturated carbocycles. The van der Waals surface area contributed by atoms with Crippen LogP contribution in [0.5, 0.6) is 0 Å². The van der Waals surface area contributed by atoms with Gasteiger partial charge in [0.15, 0.2) is 0 Å². The maximum absolute atomic E-state index is 8.21. The van der Waals surface area contributed by atoms with Crippen LogP contribution in [0.3, 0.4) is 0 Å². The highest BCUT2D eigenvalue weighted by Crippen LogP contribution is 1.88. The second-order valence-corrected chi connectivity index (χ2v) is 2.38. The van der Waals surface area contributed by atoms with E-state index in [0.717, 1.165) is 0 Å². The summed E-state index contributed by atoms with van der Waals surface area (Å²) < 4.78 is 0. The van der Waals surface area contributed by atoms with Gasteiger partial charge in [-0.25, -0.2) is 0 Å². The molecule has 0 aromatic rings. The molecule has 0 aliphatic rings. The third-order valence-electron chi connectivity index (χ3n) is 0.727. The average Bonchev–Trinajstić information content (AvgIpc) is 1.83. The maximum atomic E-state index is 8.21. The molecule has 1 N–H and O–H groups in total. The summed E-state index contributed by atoms with van der Waals surface area (Å²) in [7, 11) is 3.70. The van der Waals surface area contributed by atoms with Crippen molar-refractivity contribution >= 4 is 11.6 Å². The molecule has 0 amide bonds. The van der Waals surface area contributed by atoms with Crippen molar-refractivity contribution in [2.24, 2.45) is 0 Å². The topological polar surface area (TPSA) is 39.1 Å². The number of hydrazine groups is 1. The van der Waals surface area contributed by atoms with Crippen molar-refractivity contribution in [3.05, 3.63) is 0 Å². The predicted octanol–water partition coefficient (Wildman–Crippen LogP) is 0.184. The van der Waals surface area contributed by atoms with Crippen molar-refractivity contribution in [2.75, 3.05) is 20.6 Å². The summed E-state index contributed by atoms with van der Waals surface area (Å²) in [4.78, 5) is 0. The first-order valence-electron chi connectivity index (χ1n) is 2.61. The minimum atomic E-state index is -0.438. The van der Waals surface area contributed by atoms with E-state index < -0.39 is 5.38 Å². The molecular formula is C5H10ClN3. The number of hydrogen-bond donors (Lipinski definition) is 1. The van der Waals surface area contributed by atoms with Gasteiger partial charge in [-0.05, 0) is 0 Å². The highest BCUT2D eigenvalue weighted by atomic mass is 35.5. The van der Waals surface area contributed by atoms with E-state index in [9.17, 15) is 0 Å². The van der Waals surface area contributed by atoms with Gasteiger partial charge in [-0.1, -0.05) is 0 Å². The Hall–Kier alpha value is -0.300. The number of alkyl halides is 1. The lowest BCUT2D eigenvalue weighted by molar-refractivity contribution is 0.295. The molecule has 0 aromatic carbocycles. The molecule has 1 unspecified atom stereocenters. The van der Waals surface area contributed by atoms with Crippen LogP contribution in [0.4, 0.5) is 0 Å². The van der Waals surface area contributed by atoms with Crippen LogP contribution in [0.25, 0.3) is 0 Å². The molecule has 4 heteroatoms. The van der Waals surface area contributed by atoms with E-state index in [1.807, 2.05) is 20.2 Å². The Labute approximate surface area is 60.2 Å². The SMILES string of the molecule is CN(C)NCC(Cl)C#N. The van der Waals surface area contributed by atoms with Crippen LogP contribution in [0.2, 0.25) is 0 Å². The first-order chi connectivity index (χ1) is 4.16. The average molecular weight is 148 g/mol. The van der Waals surface area contributed by atoms with Crippen molar-refractivity contribution in [2.45, 2.75) is 5.38 Å². The van der Waals surface area contributed by atoms with Gasteiger partial charge in [0.05, 0.1) is 6.07 Å². The van der Waals surface area contributed by atoms with Gasteiger partial charge in [-0.3, -0.25) is 10.4 Å². The number of nitrogens with one attached hydrogen (secondary N) is 1. The van der Waals surface area contributed by atoms with Gasteiger partial charge >= 0.3 is 0 Å². The number of nitrogens with zero attached hydrogens (tertiary/aromatic N) is 2. The lowest BCUT2D eigenvalue weighted by Gasteiger charge is -2.10. The van der Waals surface area contributed by atoms with Gasteiger partial charge in [-0.2, -0.15) is 5.26 Å². The summed E-state index contributed by atoms with van der Waals surface area (Å²) in [6.45, 7) is 0.491. The number of rotatable bonds is 3. The maximum Gasteiger partial charge on any atom is 0.134 e. The predicted molar refractivity (Wildman–Crippen MR) is 36.9 cm³/mol. The van der Waals surface area contributed by atoms with E-state index in [2.05, 4.69) is 5.43 Å². The van der Waals surface area contributed by atoms with Crippen LogP contribution in [-0.2, 0) is 0 Å². The Bertz CT molecular complexity index is 107. The Morgan fingerprint density at radius 2 is 2.33 bits per heavy atom. The van der Waals surface area contributed by atoms with Crippen LogP contribution >= 0.6 is 11.6 Å². The molecule has 1 atom stereocenters. The third-order valence-corrected chi connectivity index (χ3v) is 0.979. The Kier molecular flexibility index (Phi) is 4.41. The molecule has 0 spiro atoms. The molecule has 0 fully saturated rings. The molecule has 0 bridgehead atoms. The smallest absolute Gasteiger partial charge is 0.134 e. The fourth-order valence-electron chi connectivity index (χ4n) is 0.308. The van der Waals surface area contributed by atoms with Gasteiger partial charge in [0.1, 0.15) is 5.38 Å². The number of hydrogen-bond acceptors (Lipinski definition) is 3. The molecule has 52 valence electrons. The minimum Gasteiger partial charge on any atom is -0.253 e. The second kappa shape index (κ2) is 4.57. The first kappa shape index (κ1) is 8.70. The van der Waals surface area contributed by atoms with E-state index in [1.54, 1.807) is 5.01 Å². The lowest BCUT2D eigenvalue weighted by Crippen LogP contribution is -2.34. The van der Waals surface area contributed by atoms with Crippen molar-refractivity contribution in [3.63, 3.8) is 0 Å². The van der Waals surface area contributed by atoms with Gasteiger partial charge in [0, 0.05) is 20.6 Å². The van der Waals surface area contributed by atoms with Crippen LogP contribution in [0.1, 0.15) is 0 Å². The van der Waals surface area contributed by atoms with Crippen LogP contribution in [0, 0.1) is 11.3 Å². The van der Waals surface area contributed by atoms with Crippen molar-refractivity contribution in [1.29, 1.82) is 5.26 Å². The highest BCUT2D eigenvalue weighted by Gasteiger charge is 1.99. The summed E-state index contributed by atoms with van der Waals surface area (Å²) >= 11 is 5.46. The molecule has 0 radical (unpaired) electrons. The summed E-state index contributed by atoms with van der Waals surface area (Å²) in [6, 6.07) is 1.90. The van der Waals surface area contributed by atoms with E-state index in [-0.39, 0.29) is 0 Å². The fraction of sp³-hybridized carbons (Fsp3) is 0.800. The summed E-state index contributed by atoms with van der Waals surface area (Å²) in [5.41, 5.74) is 2.88. The van der Waals surface area contributed by atoms with Crippen LogP contribution in [0.15, 0.2) is 0 Å². The Balaban J connectivity index is 3.19. The molecule has 3 nitrogen and oxygen atoms in total. The first-order valence-corrected chi connectivity index (χ1v) is 3.05. The molecule has 0 aliphatic carbocycles. The lowest BCUT2D eigenvalue weighted by atomic mass is 10.5. The zero-order chi connectivity index (χ0) is 7.28. The van der Waals surface area contributed by atoms with E-state index in [4.69, 9.17) is 16.9 Å². The monoisotopic (exact) mass is 147 g/mol. The highest BCUT2D eigenvalue weighted by molar-refractivity contribution is 6.22. The van der Waals surface area contributed by atoms with E-state index in [1.165, 1.54) is 0 Å². The summed E-state index contributed by atoms with van der Waals surface area (Å²) in [5.74, 6) is 0. The fourth-order valence-corrected chi connectivity index (χ4v) is 0.377. The van der Waals surface area contributed by atoms with Gasteiger partial charge in [0.2, 0.25) is 0 Å². The molecule has 0 rings (SSSR count). The standard InChI is InChI=1S/C5H10ClN3/c1-9(2)8-4-5(6)3-7/h5,8H,4H2,1-2H3. The van der Waals surface area contributed by atoms with E-state index >= 15 is 0 Å². The molecule has 0 saturated heterocycles. The van der Waals surface area contributed by atoms with Crippen LogP contribution in [-0.4, -0.2) is 31.0 Å². The molecule has 0 heterocycles. The zero-order valence-electron chi connectivity index (χ0n) is 5.56. The second-order valence-electron chi connectivity index (χ2n) is 1.85. The Morgan fingerprint density at radius 3 is 2.67 bits per heavy atom. The van der Waals surface area contributed by atoms with Gasteiger partial charge < -0.3 is 0 Å². The molecule has 0 aliphatic heterocycles. The van der Waals surface area contributed by atoms with Crippen molar-refractivity contribution in [1.82, 2.24) is 10.4 Å². The van der Waals surface area contributed by atoms with Gasteiger partial charge in [-0.15, -0.1) is 11.6 Å². The summed E-state index contributed by atoms with van der Waals surface area (Å²) in [6.07, 6.45) is 0.